The second kappa shape index (κ2) is 14.1. The van der Waals surface area contributed by atoms with E-state index in [-0.39, 0.29) is 0 Å². The van der Waals surface area contributed by atoms with Crippen molar-refractivity contribution in [1.29, 1.82) is 0 Å². The predicted molar refractivity (Wildman–Crippen MR) is 247 cm³/mol. The number of anilines is 3. The molecule has 0 radical (unpaired) electrons. The lowest BCUT2D eigenvalue weighted by Crippen LogP contribution is -2.10. The van der Waals surface area contributed by atoms with E-state index in [4.69, 9.17) is 0 Å². The lowest BCUT2D eigenvalue weighted by molar-refractivity contribution is 1.18. The van der Waals surface area contributed by atoms with Crippen molar-refractivity contribution in [3.05, 3.63) is 231 Å². The molecule has 1 heterocycles. The first kappa shape index (κ1) is 33.6. The molecule has 0 unspecified atom stereocenters. The van der Waals surface area contributed by atoms with Crippen LogP contribution in [0.3, 0.4) is 0 Å². The summed E-state index contributed by atoms with van der Waals surface area (Å²) in [4.78, 5) is 2.39. The molecule has 0 N–H and O–H groups in total. The van der Waals surface area contributed by atoms with Crippen molar-refractivity contribution in [3.63, 3.8) is 0 Å². The van der Waals surface area contributed by atoms with Crippen LogP contribution in [0.5, 0.6) is 0 Å². The quantitative estimate of drug-likeness (QED) is 0.158. The van der Waals surface area contributed by atoms with E-state index in [2.05, 4.69) is 240 Å². The van der Waals surface area contributed by atoms with Gasteiger partial charge in [0.05, 0.1) is 22.4 Å². The summed E-state index contributed by atoms with van der Waals surface area (Å²) in [5.41, 5.74) is 14.0. The van der Waals surface area contributed by atoms with E-state index in [0.29, 0.717) is 0 Å². The van der Waals surface area contributed by atoms with E-state index in [9.17, 15) is 0 Å². The summed E-state index contributed by atoms with van der Waals surface area (Å²) in [5.74, 6) is 0. The van der Waals surface area contributed by atoms with Crippen molar-refractivity contribution in [3.8, 4) is 39.1 Å². The standard InChI is InChI=1S/C56H38N2/c1-2-16-43(17-3-1)56-49(23-13-27-55(56)58-53-24-10-8-21-50(53)51-22-9-11-25-54(51)58)42-32-36-47(37-33-42)57(52-26-12-19-41-15-6-7-20-48(41)52)46-34-30-40(31-35-46)45-29-28-39-14-4-5-18-44(39)38-45/h1-38H. The SMILES string of the molecule is c1ccc(-c2c(-c3ccc(N(c4ccc(-c5ccc6ccccc6c5)cc4)c4cccc5ccccc45)cc3)cccc2-n2c3ccccc3c3ccccc32)cc1. The first-order valence-corrected chi connectivity index (χ1v) is 19.9. The van der Waals surface area contributed by atoms with E-state index in [1.165, 1.54) is 71.2 Å². The molecule has 0 aliphatic rings. The molecule has 0 aliphatic heterocycles. The molecule has 1 aromatic heterocycles. The van der Waals surface area contributed by atoms with Gasteiger partial charge in [-0.3, -0.25) is 0 Å². The maximum atomic E-state index is 2.44. The molecule has 0 amide bonds. The second-order valence-electron chi connectivity index (χ2n) is 14.9. The number of aromatic nitrogens is 1. The van der Waals surface area contributed by atoms with Gasteiger partial charge >= 0.3 is 0 Å². The van der Waals surface area contributed by atoms with Crippen molar-refractivity contribution in [2.24, 2.45) is 0 Å². The second-order valence-corrected chi connectivity index (χ2v) is 14.9. The third-order valence-electron chi connectivity index (χ3n) is 11.6. The minimum Gasteiger partial charge on any atom is -0.310 e. The molecule has 0 saturated carbocycles. The minimum atomic E-state index is 1.10. The highest BCUT2D eigenvalue weighted by atomic mass is 15.1. The summed E-state index contributed by atoms with van der Waals surface area (Å²) in [6, 6.07) is 83.7. The van der Waals surface area contributed by atoms with Crippen molar-refractivity contribution in [2.75, 3.05) is 4.90 Å². The number of para-hydroxylation sites is 2. The Morgan fingerprint density at radius 2 is 0.845 bits per heavy atom. The average molecular weight is 739 g/mol. The zero-order chi connectivity index (χ0) is 38.4. The normalized spacial score (nSPS) is 11.4. The maximum Gasteiger partial charge on any atom is 0.0546 e. The van der Waals surface area contributed by atoms with Gasteiger partial charge < -0.3 is 9.47 Å². The van der Waals surface area contributed by atoms with E-state index in [1.54, 1.807) is 0 Å². The lowest BCUT2D eigenvalue weighted by atomic mass is 9.92. The highest BCUT2D eigenvalue weighted by Gasteiger charge is 2.20. The molecule has 2 heteroatoms. The topological polar surface area (TPSA) is 8.17 Å². The zero-order valence-corrected chi connectivity index (χ0v) is 31.8. The van der Waals surface area contributed by atoms with Crippen LogP contribution in [0.25, 0.3) is 82.4 Å². The molecular formula is C56H38N2. The highest BCUT2D eigenvalue weighted by molar-refractivity contribution is 6.10. The van der Waals surface area contributed by atoms with Crippen molar-refractivity contribution < 1.29 is 0 Å². The molecule has 0 aliphatic carbocycles. The van der Waals surface area contributed by atoms with E-state index in [1.807, 2.05) is 0 Å². The van der Waals surface area contributed by atoms with Gasteiger partial charge in [0.1, 0.15) is 0 Å². The Morgan fingerprint density at radius 1 is 0.310 bits per heavy atom. The molecule has 0 fully saturated rings. The Kier molecular flexibility index (Phi) is 8.19. The Labute approximate surface area is 338 Å². The molecule has 58 heavy (non-hydrogen) atoms. The maximum absolute atomic E-state index is 2.44. The highest BCUT2D eigenvalue weighted by Crippen LogP contribution is 2.44. The van der Waals surface area contributed by atoms with E-state index in [0.717, 1.165) is 28.3 Å². The lowest BCUT2D eigenvalue weighted by Gasteiger charge is -2.27. The average Bonchev–Trinajstić information content (AvgIpc) is 3.64. The molecule has 0 bridgehead atoms. The van der Waals surface area contributed by atoms with Gasteiger partial charge in [0.2, 0.25) is 0 Å². The number of hydrogen-bond donors (Lipinski definition) is 0. The number of fused-ring (bicyclic) bond motifs is 5. The summed E-state index contributed by atoms with van der Waals surface area (Å²) in [5, 5.41) is 7.43. The summed E-state index contributed by atoms with van der Waals surface area (Å²) >= 11 is 0. The Balaban J connectivity index is 1.05. The summed E-state index contributed by atoms with van der Waals surface area (Å²) in [6.07, 6.45) is 0. The van der Waals surface area contributed by atoms with Gasteiger partial charge in [0.15, 0.2) is 0 Å². The van der Waals surface area contributed by atoms with Gasteiger partial charge in [-0.1, -0.05) is 176 Å². The smallest absolute Gasteiger partial charge is 0.0546 e. The Morgan fingerprint density at radius 3 is 1.55 bits per heavy atom. The Hall–Kier alpha value is -7.68. The van der Waals surface area contributed by atoms with Crippen LogP contribution in [0, 0.1) is 0 Å². The molecule has 11 aromatic rings. The van der Waals surface area contributed by atoms with Crippen molar-refractivity contribution >= 4 is 60.4 Å². The van der Waals surface area contributed by atoms with Gasteiger partial charge in [-0.25, -0.2) is 0 Å². The fourth-order valence-electron chi connectivity index (χ4n) is 8.85. The first-order chi connectivity index (χ1) is 28.8. The van der Waals surface area contributed by atoms with Crippen LogP contribution in [-0.4, -0.2) is 4.57 Å². The third kappa shape index (κ3) is 5.74. The molecule has 2 nitrogen and oxygen atoms in total. The first-order valence-electron chi connectivity index (χ1n) is 19.9. The monoisotopic (exact) mass is 738 g/mol. The van der Waals surface area contributed by atoms with Crippen LogP contribution in [-0.2, 0) is 0 Å². The summed E-state index contributed by atoms with van der Waals surface area (Å²) in [6.45, 7) is 0. The van der Waals surface area contributed by atoms with Crippen LogP contribution in [0.2, 0.25) is 0 Å². The molecule has 10 aromatic carbocycles. The van der Waals surface area contributed by atoms with Crippen LogP contribution in [0.4, 0.5) is 17.1 Å². The third-order valence-corrected chi connectivity index (χ3v) is 11.6. The van der Waals surface area contributed by atoms with Crippen molar-refractivity contribution in [2.45, 2.75) is 0 Å². The molecular weight excluding hydrogens is 701 g/mol. The van der Waals surface area contributed by atoms with Gasteiger partial charge in [-0.15, -0.1) is 0 Å². The summed E-state index contributed by atoms with van der Waals surface area (Å²) in [7, 11) is 0. The van der Waals surface area contributed by atoms with Crippen LogP contribution in [0.1, 0.15) is 0 Å². The molecule has 0 spiro atoms. The van der Waals surface area contributed by atoms with Gasteiger partial charge in [-0.2, -0.15) is 0 Å². The van der Waals surface area contributed by atoms with Gasteiger partial charge in [0, 0.05) is 33.1 Å². The number of hydrogen-bond acceptors (Lipinski definition) is 1. The predicted octanol–water partition coefficient (Wildman–Crippen LogP) is 15.6. The molecule has 0 atom stereocenters. The van der Waals surface area contributed by atoms with Crippen LogP contribution < -0.4 is 4.90 Å². The van der Waals surface area contributed by atoms with Crippen LogP contribution in [0.15, 0.2) is 231 Å². The van der Waals surface area contributed by atoms with E-state index < -0.39 is 0 Å². The fourth-order valence-corrected chi connectivity index (χ4v) is 8.85. The molecule has 11 rings (SSSR count). The largest absolute Gasteiger partial charge is 0.310 e. The van der Waals surface area contributed by atoms with E-state index >= 15 is 0 Å². The zero-order valence-electron chi connectivity index (χ0n) is 31.8. The minimum absolute atomic E-state index is 1.10. The van der Waals surface area contributed by atoms with Crippen LogP contribution >= 0.6 is 0 Å². The number of benzene rings is 10. The molecule has 272 valence electrons. The van der Waals surface area contributed by atoms with Gasteiger partial charge in [-0.05, 0) is 98.6 Å². The molecule has 0 saturated heterocycles. The fraction of sp³-hybridized carbons (Fsp3) is 0. The van der Waals surface area contributed by atoms with Gasteiger partial charge in [0.25, 0.3) is 0 Å². The number of rotatable bonds is 7. The summed E-state index contributed by atoms with van der Waals surface area (Å²) < 4.78 is 2.44. The number of nitrogens with zero attached hydrogens (tertiary/aromatic N) is 2. The van der Waals surface area contributed by atoms with Crippen molar-refractivity contribution in [1.82, 2.24) is 4.57 Å². The Bertz CT molecular complexity index is 3210.